The zero-order chi connectivity index (χ0) is 14.5. The van der Waals surface area contributed by atoms with E-state index in [2.05, 4.69) is 20.8 Å². The Bertz CT molecular complexity index is 440. The van der Waals surface area contributed by atoms with Crippen LogP contribution in [0.25, 0.3) is 0 Å². The van der Waals surface area contributed by atoms with E-state index in [1.54, 1.807) is 12.1 Å². The fourth-order valence-corrected chi connectivity index (χ4v) is 2.59. The summed E-state index contributed by atoms with van der Waals surface area (Å²) >= 11 is 3.38. The van der Waals surface area contributed by atoms with Crippen LogP contribution in [0.15, 0.2) is 22.7 Å². The minimum atomic E-state index is -0.214. The van der Waals surface area contributed by atoms with Crippen molar-refractivity contribution in [3.05, 3.63) is 34.1 Å². The summed E-state index contributed by atoms with van der Waals surface area (Å²) < 4.78 is 20.4. The molecule has 20 heavy (non-hydrogen) atoms. The third-order valence-electron chi connectivity index (χ3n) is 3.71. The molecule has 1 fully saturated rings. The van der Waals surface area contributed by atoms with Crippen molar-refractivity contribution < 1.29 is 9.13 Å². The van der Waals surface area contributed by atoms with Crippen molar-refractivity contribution >= 4 is 15.9 Å². The van der Waals surface area contributed by atoms with Crippen LogP contribution in [0, 0.1) is 11.7 Å². The fourth-order valence-electron chi connectivity index (χ4n) is 2.21. The lowest BCUT2D eigenvalue weighted by atomic mass is 10.1. The largest absolute Gasteiger partial charge is 0.380 e. The Morgan fingerprint density at radius 3 is 2.90 bits per heavy atom. The van der Waals surface area contributed by atoms with Gasteiger partial charge >= 0.3 is 0 Å². The first-order valence-corrected chi connectivity index (χ1v) is 7.84. The second-order valence-corrected chi connectivity index (χ2v) is 6.33. The minimum Gasteiger partial charge on any atom is -0.380 e. The van der Waals surface area contributed by atoms with Crippen molar-refractivity contribution in [3.8, 4) is 0 Å². The summed E-state index contributed by atoms with van der Waals surface area (Å²) in [6.45, 7) is 2.65. The lowest BCUT2D eigenvalue weighted by Crippen LogP contribution is -2.33. The normalized spacial score (nSPS) is 16.6. The van der Waals surface area contributed by atoms with Crippen molar-refractivity contribution in [2.24, 2.45) is 11.7 Å². The molecule has 1 saturated carbocycles. The molecule has 0 amide bonds. The zero-order valence-electron chi connectivity index (χ0n) is 11.8. The van der Waals surface area contributed by atoms with Gasteiger partial charge < -0.3 is 10.5 Å². The van der Waals surface area contributed by atoms with Gasteiger partial charge in [-0.1, -0.05) is 15.9 Å². The number of rotatable bonds is 8. The molecule has 1 unspecified atom stereocenters. The third-order valence-corrected chi connectivity index (χ3v) is 4.20. The van der Waals surface area contributed by atoms with Gasteiger partial charge in [0, 0.05) is 35.8 Å². The van der Waals surface area contributed by atoms with Crippen molar-refractivity contribution in [1.82, 2.24) is 4.90 Å². The summed E-state index contributed by atoms with van der Waals surface area (Å²) in [6, 6.07) is 4.84. The Balaban J connectivity index is 1.89. The van der Waals surface area contributed by atoms with E-state index in [-0.39, 0.29) is 11.9 Å². The third kappa shape index (κ3) is 4.52. The lowest BCUT2D eigenvalue weighted by Gasteiger charge is -2.27. The number of hydrogen-bond acceptors (Lipinski definition) is 3. The number of halogens is 2. The van der Waals surface area contributed by atoms with Crippen molar-refractivity contribution in [2.75, 3.05) is 33.4 Å². The van der Waals surface area contributed by atoms with Gasteiger partial charge in [0.2, 0.25) is 0 Å². The first kappa shape index (κ1) is 15.9. The van der Waals surface area contributed by atoms with Crippen molar-refractivity contribution in [2.45, 2.75) is 18.9 Å². The van der Waals surface area contributed by atoms with E-state index in [1.807, 2.05) is 7.05 Å². The number of nitrogens with two attached hydrogens (primary N) is 1. The van der Waals surface area contributed by atoms with Crippen LogP contribution in [-0.2, 0) is 4.74 Å². The molecule has 1 aliphatic carbocycles. The molecule has 0 heterocycles. The van der Waals surface area contributed by atoms with Gasteiger partial charge in [0.25, 0.3) is 0 Å². The highest BCUT2D eigenvalue weighted by atomic mass is 79.9. The molecule has 3 nitrogen and oxygen atoms in total. The van der Waals surface area contributed by atoms with Crippen LogP contribution < -0.4 is 5.73 Å². The van der Waals surface area contributed by atoms with E-state index in [0.29, 0.717) is 18.7 Å². The molecule has 112 valence electrons. The van der Waals surface area contributed by atoms with Gasteiger partial charge in [0.05, 0.1) is 6.61 Å². The molecule has 2 N–H and O–H groups in total. The molecule has 0 aliphatic heterocycles. The van der Waals surface area contributed by atoms with E-state index in [4.69, 9.17) is 10.5 Å². The highest BCUT2D eigenvalue weighted by molar-refractivity contribution is 9.10. The summed E-state index contributed by atoms with van der Waals surface area (Å²) in [5.41, 5.74) is 6.45. The van der Waals surface area contributed by atoms with Crippen molar-refractivity contribution in [3.63, 3.8) is 0 Å². The Labute approximate surface area is 128 Å². The molecule has 0 spiro atoms. The van der Waals surface area contributed by atoms with Crippen LogP contribution in [0.4, 0.5) is 4.39 Å². The molecule has 0 saturated heterocycles. The standard InChI is InChI=1S/C15H22BrFN2O/c1-19(6-7-20-10-11-2-3-11)15(9-18)13-8-12(16)4-5-14(13)17/h4-5,8,11,15H,2-3,6-7,9-10,18H2,1H3. The highest BCUT2D eigenvalue weighted by Gasteiger charge is 2.22. The van der Waals surface area contributed by atoms with E-state index in [1.165, 1.54) is 18.9 Å². The van der Waals surface area contributed by atoms with Gasteiger partial charge in [-0.3, -0.25) is 4.90 Å². The van der Waals surface area contributed by atoms with Gasteiger partial charge in [0.15, 0.2) is 0 Å². The monoisotopic (exact) mass is 344 g/mol. The number of benzene rings is 1. The average Bonchev–Trinajstić information content (AvgIpc) is 3.24. The summed E-state index contributed by atoms with van der Waals surface area (Å²) in [6.07, 6.45) is 2.59. The molecule has 0 aromatic heterocycles. The first-order chi connectivity index (χ1) is 9.61. The van der Waals surface area contributed by atoms with E-state index in [9.17, 15) is 4.39 Å². The summed E-state index contributed by atoms with van der Waals surface area (Å²) in [5, 5.41) is 0. The number of hydrogen-bond donors (Lipinski definition) is 1. The number of likely N-dealkylation sites (N-methyl/N-ethyl adjacent to an activating group) is 1. The molecular formula is C15H22BrFN2O. The predicted octanol–water partition coefficient (Wildman–Crippen LogP) is 2.95. The quantitative estimate of drug-likeness (QED) is 0.737. The molecule has 1 aromatic carbocycles. The van der Waals surface area contributed by atoms with E-state index >= 15 is 0 Å². The first-order valence-electron chi connectivity index (χ1n) is 7.04. The van der Waals surface area contributed by atoms with Gasteiger partial charge in [-0.05, 0) is 44.0 Å². The SMILES string of the molecule is CN(CCOCC1CC1)C(CN)c1cc(Br)ccc1F. The van der Waals surface area contributed by atoms with Gasteiger partial charge in [0.1, 0.15) is 5.82 Å². The highest BCUT2D eigenvalue weighted by Crippen LogP contribution is 2.29. The van der Waals surface area contributed by atoms with Gasteiger partial charge in [-0.15, -0.1) is 0 Å². The topological polar surface area (TPSA) is 38.5 Å². The van der Waals surface area contributed by atoms with Crippen LogP contribution in [-0.4, -0.2) is 38.3 Å². The van der Waals surface area contributed by atoms with Gasteiger partial charge in [-0.25, -0.2) is 4.39 Å². The Morgan fingerprint density at radius 2 is 2.25 bits per heavy atom. The minimum absolute atomic E-state index is 0.128. The summed E-state index contributed by atoms with van der Waals surface area (Å²) in [4.78, 5) is 2.05. The van der Waals surface area contributed by atoms with Crippen LogP contribution in [0.3, 0.4) is 0 Å². The lowest BCUT2D eigenvalue weighted by molar-refractivity contribution is 0.0917. The van der Waals surface area contributed by atoms with Gasteiger partial charge in [-0.2, -0.15) is 0 Å². The number of nitrogens with zero attached hydrogens (tertiary/aromatic N) is 1. The molecule has 5 heteroatoms. The molecule has 2 rings (SSSR count). The smallest absolute Gasteiger partial charge is 0.128 e. The zero-order valence-corrected chi connectivity index (χ0v) is 13.4. The van der Waals surface area contributed by atoms with Crippen molar-refractivity contribution in [1.29, 1.82) is 0 Å². The van der Waals surface area contributed by atoms with Crippen LogP contribution in [0.1, 0.15) is 24.4 Å². The second-order valence-electron chi connectivity index (χ2n) is 5.42. The average molecular weight is 345 g/mol. The molecule has 0 bridgehead atoms. The maximum Gasteiger partial charge on any atom is 0.128 e. The predicted molar refractivity (Wildman–Crippen MR) is 82.1 cm³/mol. The van der Waals surface area contributed by atoms with Crippen LogP contribution in [0.5, 0.6) is 0 Å². The Morgan fingerprint density at radius 1 is 1.50 bits per heavy atom. The molecule has 1 aliphatic rings. The maximum absolute atomic E-state index is 13.9. The number of ether oxygens (including phenoxy) is 1. The molecular weight excluding hydrogens is 323 g/mol. The molecule has 1 atom stereocenters. The molecule has 0 radical (unpaired) electrons. The maximum atomic E-state index is 13.9. The Hall–Kier alpha value is -0.490. The summed E-state index contributed by atoms with van der Waals surface area (Å²) in [7, 11) is 1.96. The summed E-state index contributed by atoms with van der Waals surface area (Å²) in [5.74, 6) is 0.558. The van der Waals surface area contributed by atoms with E-state index < -0.39 is 0 Å². The molecule has 1 aromatic rings. The van der Waals surface area contributed by atoms with Crippen LogP contribution >= 0.6 is 15.9 Å². The van der Waals surface area contributed by atoms with Crippen LogP contribution in [0.2, 0.25) is 0 Å². The second kappa shape index (κ2) is 7.50. The fraction of sp³-hybridized carbons (Fsp3) is 0.600. The van der Waals surface area contributed by atoms with E-state index in [0.717, 1.165) is 23.5 Å². The Kier molecular flexibility index (Phi) is 5.96.